The first-order chi connectivity index (χ1) is 11.1. The molecule has 0 saturated carbocycles. The second kappa shape index (κ2) is 6.08. The zero-order chi connectivity index (χ0) is 16.4. The molecule has 3 N–H and O–H groups in total. The molecule has 4 heteroatoms. The number of nitrogens with zero attached hydrogens (tertiary/aromatic N) is 2. The lowest BCUT2D eigenvalue weighted by molar-refractivity contribution is 0.476. The molecule has 1 heterocycles. The zero-order valence-corrected chi connectivity index (χ0v) is 13.2. The third-order valence-corrected chi connectivity index (χ3v) is 3.84. The van der Waals surface area contributed by atoms with E-state index in [0.717, 1.165) is 16.7 Å². The van der Waals surface area contributed by atoms with Gasteiger partial charge in [0.2, 0.25) is 5.95 Å². The van der Waals surface area contributed by atoms with Gasteiger partial charge in [-0.1, -0.05) is 50.2 Å². The smallest absolute Gasteiger partial charge is 0.220 e. The van der Waals surface area contributed by atoms with Gasteiger partial charge in [0.1, 0.15) is 5.75 Å². The van der Waals surface area contributed by atoms with Crippen LogP contribution < -0.4 is 5.73 Å². The minimum Gasteiger partial charge on any atom is -0.507 e. The summed E-state index contributed by atoms with van der Waals surface area (Å²) in [4.78, 5) is 8.46. The fourth-order valence-corrected chi connectivity index (χ4v) is 2.54. The molecule has 0 fully saturated rings. The molecule has 3 aromatic rings. The van der Waals surface area contributed by atoms with E-state index in [1.54, 1.807) is 12.3 Å². The van der Waals surface area contributed by atoms with E-state index in [1.165, 1.54) is 0 Å². The van der Waals surface area contributed by atoms with Crippen LogP contribution in [0.1, 0.15) is 25.3 Å². The first-order valence-corrected chi connectivity index (χ1v) is 7.57. The van der Waals surface area contributed by atoms with Gasteiger partial charge in [-0.15, -0.1) is 0 Å². The van der Waals surface area contributed by atoms with Crippen molar-refractivity contribution in [3.8, 4) is 28.1 Å². The Morgan fingerprint density at radius 2 is 1.74 bits per heavy atom. The highest BCUT2D eigenvalue weighted by Crippen LogP contribution is 2.36. The van der Waals surface area contributed by atoms with Crippen LogP contribution in [0.25, 0.3) is 22.4 Å². The molecule has 0 amide bonds. The number of rotatable bonds is 3. The van der Waals surface area contributed by atoms with Gasteiger partial charge >= 0.3 is 0 Å². The summed E-state index contributed by atoms with van der Waals surface area (Å²) in [5.74, 6) is 0.734. The van der Waals surface area contributed by atoms with Crippen LogP contribution in [0.15, 0.2) is 54.7 Å². The van der Waals surface area contributed by atoms with Gasteiger partial charge in [-0.2, -0.15) is 0 Å². The van der Waals surface area contributed by atoms with Crippen LogP contribution in [0.4, 0.5) is 5.95 Å². The Balaban J connectivity index is 2.18. The molecule has 0 bridgehead atoms. The number of phenols is 1. The fourth-order valence-electron chi connectivity index (χ4n) is 2.54. The highest BCUT2D eigenvalue weighted by molar-refractivity contribution is 5.83. The highest BCUT2D eigenvalue weighted by atomic mass is 16.3. The molecule has 0 aliphatic rings. The molecule has 0 aliphatic carbocycles. The van der Waals surface area contributed by atoms with Gasteiger partial charge in [-0.3, -0.25) is 0 Å². The first-order valence-electron chi connectivity index (χ1n) is 7.57. The molecule has 0 spiro atoms. The number of anilines is 1. The highest BCUT2D eigenvalue weighted by Gasteiger charge is 2.15. The molecular formula is C19H19N3O. The van der Waals surface area contributed by atoms with E-state index >= 15 is 0 Å². The van der Waals surface area contributed by atoms with Crippen molar-refractivity contribution < 1.29 is 5.11 Å². The molecule has 2 aromatic carbocycles. The predicted molar refractivity (Wildman–Crippen MR) is 93.1 cm³/mol. The fraction of sp³-hybridized carbons (Fsp3) is 0.158. The maximum Gasteiger partial charge on any atom is 0.220 e. The average Bonchev–Trinajstić information content (AvgIpc) is 2.55. The van der Waals surface area contributed by atoms with Crippen molar-refractivity contribution in [2.75, 3.05) is 5.73 Å². The molecule has 116 valence electrons. The van der Waals surface area contributed by atoms with Crippen molar-refractivity contribution >= 4 is 5.95 Å². The van der Waals surface area contributed by atoms with Crippen molar-refractivity contribution in [1.82, 2.24) is 9.97 Å². The predicted octanol–water partition coefficient (Wildman–Crippen LogP) is 4.22. The lowest BCUT2D eigenvalue weighted by Gasteiger charge is -2.13. The van der Waals surface area contributed by atoms with Crippen LogP contribution in [0, 0.1) is 0 Å². The van der Waals surface area contributed by atoms with Gasteiger partial charge in [-0.05, 0) is 29.2 Å². The standard InChI is InChI=1S/C19H19N3O/c1-12(2)14-8-9-15(17(23)10-14)18-16(11-21-19(20)22-18)13-6-4-3-5-7-13/h3-12,23H,1-2H3,(H2,20,21,22). The summed E-state index contributed by atoms with van der Waals surface area (Å²) in [5.41, 5.74) is 9.96. The Bertz CT molecular complexity index is 829. The van der Waals surface area contributed by atoms with Crippen molar-refractivity contribution in [3.05, 3.63) is 60.3 Å². The third-order valence-electron chi connectivity index (χ3n) is 3.84. The van der Waals surface area contributed by atoms with Crippen LogP contribution in [0.3, 0.4) is 0 Å². The number of nitrogens with two attached hydrogens (primary N) is 1. The van der Waals surface area contributed by atoms with Gasteiger partial charge < -0.3 is 10.8 Å². The van der Waals surface area contributed by atoms with Crippen LogP contribution >= 0.6 is 0 Å². The normalized spacial score (nSPS) is 10.9. The Labute approximate surface area is 135 Å². The number of benzene rings is 2. The molecule has 0 unspecified atom stereocenters. The van der Waals surface area contributed by atoms with Crippen LogP contribution in [0.5, 0.6) is 5.75 Å². The van der Waals surface area contributed by atoms with E-state index < -0.39 is 0 Å². The van der Waals surface area contributed by atoms with Crippen LogP contribution in [0.2, 0.25) is 0 Å². The number of phenolic OH excluding ortho intramolecular Hbond substituents is 1. The molecule has 0 saturated heterocycles. The third kappa shape index (κ3) is 3.01. The molecule has 0 atom stereocenters. The lowest BCUT2D eigenvalue weighted by atomic mass is 9.96. The lowest BCUT2D eigenvalue weighted by Crippen LogP contribution is -1.99. The summed E-state index contributed by atoms with van der Waals surface area (Å²) in [6.07, 6.45) is 1.70. The maximum absolute atomic E-state index is 10.5. The first kappa shape index (κ1) is 15.0. The summed E-state index contributed by atoms with van der Waals surface area (Å²) < 4.78 is 0. The summed E-state index contributed by atoms with van der Waals surface area (Å²) in [7, 11) is 0. The quantitative estimate of drug-likeness (QED) is 0.760. The Hall–Kier alpha value is -2.88. The molecule has 23 heavy (non-hydrogen) atoms. The molecule has 3 rings (SSSR count). The summed E-state index contributed by atoms with van der Waals surface area (Å²) in [6, 6.07) is 15.5. The Kier molecular flexibility index (Phi) is 3.98. The second-order valence-electron chi connectivity index (χ2n) is 5.79. The number of hydrogen-bond donors (Lipinski definition) is 2. The van der Waals surface area contributed by atoms with Crippen molar-refractivity contribution in [2.24, 2.45) is 0 Å². The molecule has 0 radical (unpaired) electrons. The van der Waals surface area contributed by atoms with E-state index in [1.807, 2.05) is 42.5 Å². The van der Waals surface area contributed by atoms with Gasteiger partial charge in [0, 0.05) is 17.3 Å². The monoisotopic (exact) mass is 305 g/mol. The summed E-state index contributed by atoms with van der Waals surface area (Å²) >= 11 is 0. The average molecular weight is 305 g/mol. The van der Waals surface area contributed by atoms with Crippen molar-refractivity contribution in [2.45, 2.75) is 19.8 Å². The van der Waals surface area contributed by atoms with Crippen LogP contribution in [-0.2, 0) is 0 Å². The van der Waals surface area contributed by atoms with Gasteiger partial charge in [0.25, 0.3) is 0 Å². The molecule has 1 aromatic heterocycles. The second-order valence-corrected chi connectivity index (χ2v) is 5.79. The Morgan fingerprint density at radius 1 is 1.00 bits per heavy atom. The SMILES string of the molecule is CC(C)c1ccc(-c2nc(N)ncc2-c2ccccc2)c(O)c1. The summed E-state index contributed by atoms with van der Waals surface area (Å²) in [6.45, 7) is 4.18. The van der Waals surface area contributed by atoms with E-state index in [4.69, 9.17) is 5.73 Å². The molecule has 0 aliphatic heterocycles. The minimum atomic E-state index is 0.187. The van der Waals surface area contributed by atoms with Crippen LogP contribution in [-0.4, -0.2) is 15.1 Å². The van der Waals surface area contributed by atoms with E-state index in [2.05, 4.69) is 23.8 Å². The number of hydrogen-bond acceptors (Lipinski definition) is 4. The van der Waals surface area contributed by atoms with Crippen molar-refractivity contribution in [3.63, 3.8) is 0 Å². The van der Waals surface area contributed by atoms with Gasteiger partial charge in [0.15, 0.2) is 0 Å². The van der Waals surface area contributed by atoms with E-state index in [0.29, 0.717) is 17.2 Å². The zero-order valence-electron chi connectivity index (χ0n) is 13.2. The van der Waals surface area contributed by atoms with Crippen molar-refractivity contribution in [1.29, 1.82) is 0 Å². The minimum absolute atomic E-state index is 0.187. The Morgan fingerprint density at radius 3 is 2.39 bits per heavy atom. The van der Waals surface area contributed by atoms with Gasteiger partial charge in [-0.25, -0.2) is 9.97 Å². The maximum atomic E-state index is 10.5. The number of aromatic hydroxyl groups is 1. The topological polar surface area (TPSA) is 72.0 Å². The van der Waals surface area contributed by atoms with E-state index in [9.17, 15) is 5.11 Å². The van der Waals surface area contributed by atoms with E-state index in [-0.39, 0.29) is 11.7 Å². The number of nitrogen functional groups attached to an aromatic ring is 1. The van der Waals surface area contributed by atoms with Gasteiger partial charge in [0.05, 0.1) is 5.69 Å². The molecule has 4 nitrogen and oxygen atoms in total. The molecular weight excluding hydrogens is 286 g/mol. The largest absolute Gasteiger partial charge is 0.507 e. The summed E-state index contributed by atoms with van der Waals surface area (Å²) in [5, 5.41) is 10.5. The number of aromatic nitrogens is 2.